The Bertz CT molecular complexity index is 862. The van der Waals surface area contributed by atoms with E-state index in [2.05, 4.69) is 31.2 Å². The molecular weight excluding hydrogens is 366 g/mol. The average molecular weight is 402 g/mol. The number of ether oxygens (including phenoxy) is 1. The lowest BCUT2D eigenvalue weighted by Crippen LogP contribution is -2.35. The lowest BCUT2D eigenvalue weighted by Gasteiger charge is -2.21. The average Bonchev–Trinajstić information content (AvgIpc) is 3.02. The molecule has 160 valence electrons. The van der Waals surface area contributed by atoms with Gasteiger partial charge >= 0.3 is 0 Å². The fourth-order valence-corrected chi connectivity index (χ4v) is 3.25. The van der Waals surface area contributed by atoms with Crippen molar-refractivity contribution in [2.75, 3.05) is 13.7 Å². The first-order chi connectivity index (χ1) is 13.6. The first-order valence-corrected chi connectivity index (χ1v) is 10.5. The van der Waals surface area contributed by atoms with Gasteiger partial charge in [0.25, 0.3) is 0 Å². The molecule has 1 atom stereocenters. The van der Waals surface area contributed by atoms with Gasteiger partial charge in [-0.05, 0) is 30.4 Å². The third-order valence-corrected chi connectivity index (χ3v) is 5.01. The van der Waals surface area contributed by atoms with Gasteiger partial charge in [-0.1, -0.05) is 48.0 Å². The summed E-state index contributed by atoms with van der Waals surface area (Å²) in [5.74, 6) is 0.411. The van der Waals surface area contributed by atoms with Crippen molar-refractivity contribution in [2.24, 2.45) is 11.3 Å². The summed E-state index contributed by atoms with van der Waals surface area (Å²) in [5, 5.41) is 8.45. The van der Waals surface area contributed by atoms with Crippen LogP contribution in [0.4, 0.5) is 0 Å². The highest BCUT2D eigenvalue weighted by Crippen LogP contribution is 2.29. The normalized spacial score (nSPS) is 13.0. The summed E-state index contributed by atoms with van der Waals surface area (Å²) in [5.41, 5.74) is 1.31. The molecule has 2 rings (SSSR count). The number of hydrogen-bond donors (Lipinski definition) is 1. The van der Waals surface area contributed by atoms with Crippen molar-refractivity contribution in [3.8, 4) is 5.75 Å². The number of amides is 1. The lowest BCUT2D eigenvalue weighted by atomic mass is 9.92. The van der Waals surface area contributed by atoms with Crippen molar-refractivity contribution in [3.05, 3.63) is 23.9 Å². The van der Waals surface area contributed by atoms with Crippen LogP contribution in [0, 0.1) is 11.3 Å². The molecule has 0 aliphatic carbocycles. The molecule has 6 heteroatoms. The van der Waals surface area contributed by atoms with E-state index < -0.39 is 6.04 Å². The van der Waals surface area contributed by atoms with Crippen LogP contribution in [-0.2, 0) is 4.79 Å². The van der Waals surface area contributed by atoms with Gasteiger partial charge in [-0.2, -0.15) is 5.10 Å². The van der Waals surface area contributed by atoms with Gasteiger partial charge < -0.3 is 10.1 Å². The van der Waals surface area contributed by atoms with Gasteiger partial charge in [0.05, 0.1) is 12.6 Å². The first-order valence-electron chi connectivity index (χ1n) is 10.5. The van der Waals surface area contributed by atoms with E-state index in [9.17, 15) is 9.59 Å². The summed E-state index contributed by atoms with van der Waals surface area (Å²) in [6.07, 6.45) is 2.36. The minimum atomic E-state index is -0.469. The zero-order valence-electron chi connectivity index (χ0n) is 18.8. The van der Waals surface area contributed by atoms with E-state index in [1.54, 1.807) is 11.8 Å². The van der Waals surface area contributed by atoms with Crippen LogP contribution in [0.1, 0.15) is 77.3 Å². The summed E-state index contributed by atoms with van der Waals surface area (Å²) >= 11 is 0. The van der Waals surface area contributed by atoms with Gasteiger partial charge in [0.15, 0.2) is 5.78 Å². The third-order valence-electron chi connectivity index (χ3n) is 5.01. The zero-order chi connectivity index (χ0) is 21.8. The summed E-state index contributed by atoms with van der Waals surface area (Å²) < 4.78 is 7.08. The second-order valence-electron chi connectivity index (χ2n) is 9.10. The van der Waals surface area contributed by atoms with Gasteiger partial charge in [-0.3, -0.25) is 14.3 Å². The Hall–Kier alpha value is -2.37. The minimum absolute atomic E-state index is 0.0256. The first kappa shape index (κ1) is 22.9. The van der Waals surface area contributed by atoms with Crippen LogP contribution >= 0.6 is 0 Å². The number of carbonyl (C=O) groups is 2. The molecular formula is C23H35N3O3. The molecule has 1 aromatic carbocycles. The van der Waals surface area contributed by atoms with Gasteiger partial charge in [0.1, 0.15) is 17.5 Å². The van der Waals surface area contributed by atoms with E-state index in [1.165, 1.54) is 0 Å². The number of fused-ring (bicyclic) bond motifs is 1. The Balaban J connectivity index is 2.48. The maximum atomic E-state index is 13.0. The van der Waals surface area contributed by atoms with Crippen LogP contribution in [-0.4, -0.2) is 35.1 Å². The van der Waals surface area contributed by atoms with E-state index in [-0.39, 0.29) is 23.0 Å². The molecule has 6 nitrogen and oxygen atoms in total. The Morgan fingerprint density at radius 3 is 2.48 bits per heavy atom. The summed E-state index contributed by atoms with van der Waals surface area (Å²) in [4.78, 5) is 25.8. The summed E-state index contributed by atoms with van der Waals surface area (Å²) in [6.45, 7) is 12.8. The number of nitrogens with one attached hydrogen (secondary N) is 1. The van der Waals surface area contributed by atoms with Crippen molar-refractivity contribution in [3.63, 3.8) is 0 Å². The third kappa shape index (κ3) is 5.58. The molecule has 29 heavy (non-hydrogen) atoms. The number of aromatic nitrogens is 2. The van der Waals surface area contributed by atoms with E-state index >= 15 is 0 Å². The fourth-order valence-electron chi connectivity index (χ4n) is 3.25. The molecule has 0 fully saturated rings. The molecule has 0 saturated heterocycles. The second-order valence-corrected chi connectivity index (χ2v) is 9.10. The predicted octanol–water partition coefficient (Wildman–Crippen LogP) is 4.78. The van der Waals surface area contributed by atoms with Crippen molar-refractivity contribution in [2.45, 2.75) is 66.8 Å². The number of benzene rings is 1. The number of hydrogen-bond acceptors (Lipinski definition) is 4. The molecule has 0 spiro atoms. The van der Waals surface area contributed by atoms with Crippen LogP contribution < -0.4 is 10.1 Å². The molecule has 0 bridgehead atoms. The van der Waals surface area contributed by atoms with Gasteiger partial charge in [0, 0.05) is 23.9 Å². The number of ketones is 1. The number of rotatable bonds is 9. The molecule has 0 radical (unpaired) electrons. The fraction of sp³-hybridized carbons (Fsp3) is 0.609. The number of Topliss-reactive ketones (excluding diaryl/α,β-unsaturated/α-hetero) is 1. The summed E-state index contributed by atoms with van der Waals surface area (Å²) in [6, 6.07) is 5.06. The van der Waals surface area contributed by atoms with E-state index in [0.29, 0.717) is 24.4 Å². The lowest BCUT2D eigenvalue weighted by molar-refractivity contribution is -0.124. The Labute approximate surface area is 174 Å². The van der Waals surface area contributed by atoms with Gasteiger partial charge in [-0.25, -0.2) is 0 Å². The van der Waals surface area contributed by atoms with Crippen LogP contribution in [0.5, 0.6) is 5.75 Å². The smallest absolute Gasteiger partial charge is 0.244 e. The summed E-state index contributed by atoms with van der Waals surface area (Å²) in [7, 11) is 1.60. The maximum Gasteiger partial charge on any atom is 0.244 e. The van der Waals surface area contributed by atoms with E-state index in [1.807, 2.05) is 39.0 Å². The number of nitrogens with zero attached hydrogens (tertiary/aromatic N) is 2. The SMILES string of the molecule is CCCC(C(=O)NCCC(C)(C)C)n1nc(C(=O)C(C)C)c2ccc(OC)cc21. The highest BCUT2D eigenvalue weighted by molar-refractivity contribution is 6.07. The molecule has 0 aliphatic rings. The molecule has 0 saturated carbocycles. The maximum absolute atomic E-state index is 13.0. The molecule has 0 aliphatic heterocycles. The Morgan fingerprint density at radius 1 is 1.24 bits per heavy atom. The van der Waals surface area contributed by atoms with E-state index in [0.717, 1.165) is 23.7 Å². The number of carbonyl (C=O) groups excluding carboxylic acids is 2. The standard InChI is InChI=1S/C23H35N3O3/c1-8-9-18(22(28)24-13-12-23(4,5)6)26-19-14-16(29-7)10-11-17(19)20(25-26)21(27)15(2)3/h10-11,14-15,18H,8-9,12-13H2,1-7H3,(H,24,28). The van der Waals surface area contributed by atoms with E-state index in [4.69, 9.17) is 4.74 Å². The monoisotopic (exact) mass is 401 g/mol. The van der Waals surface area contributed by atoms with Crippen molar-refractivity contribution >= 4 is 22.6 Å². The largest absolute Gasteiger partial charge is 0.497 e. The Kier molecular flexibility index (Phi) is 7.44. The van der Waals surface area contributed by atoms with Crippen LogP contribution in [0.2, 0.25) is 0 Å². The molecule has 1 N–H and O–H groups in total. The molecule has 2 aromatic rings. The van der Waals surface area contributed by atoms with Gasteiger partial charge in [-0.15, -0.1) is 0 Å². The van der Waals surface area contributed by atoms with Crippen LogP contribution in [0.25, 0.3) is 10.9 Å². The Morgan fingerprint density at radius 2 is 1.93 bits per heavy atom. The quantitative estimate of drug-likeness (QED) is 0.614. The van der Waals surface area contributed by atoms with Crippen LogP contribution in [0.15, 0.2) is 18.2 Å². The van der Waals surface area contributed by atoms with Crippen molar-refractivity contribution in [1.82, 2.24) is 15.1 Å². The molecule has 1 heterocycles. The highest BCUT2D eigenvalue weighted by atomic mass is 16.5. The van der Waals surface area contributed by atoms with Crippen molar-refractivity contribution in [1.29, 1.82) is 0 Å². The molecule has 1 amide bonds. The second kappa shape index (κ2) is 9.42. The van der Waals surface area contributed by atoms with Crippen molar-refractivity contribution < 1.29 is 14.3 Å². The topological polar surface area (TPSA) is 73.2 Å². The number of methoxy groups -OCH3 is 1. The van der Waals surface area contributed by atoms with Gasteiger partial charge in [0.2, 0.25) is 5.91 Å². The minimum Gasteiger partial charge on any atom is -0.497 e. The molecule has 1 unspecified atom stereocenters. The zero-order valence-corrected chi connectivity index (χ0v) is 18.8. The predicted molar refractivity (Wildman–Crippen MR) is 116 cm³/mol. The highest BCUT2D eigenvalue weighted by Gasteiger charge is 2.27. The van der Waals surface area contributed by atoms with Crippen LogP contribution in [0.3, 0.4) is 0 Å². The molecule has 1 aromatic heterocycles.